The van der Waals surface area contributed by atoms with E-state index in [-0.39, 0.29) is 0 Å². The van der Waals surface area contributed by atoms with Crippen molar-refractivity contribution in [3.8, 4) is 0 Å². The van der Waals surface area contributed by atoms with Gasteiger partial charge in [0.1, 0.15) is 0 Å². The van der Waals surface area contributed by atoms with E-state index in [9.17, 15) is 0 Å². The standard InChI is InChI=1S/C7H19N3O/c8-3-1-2-4-10-6-7(11)5-9/h7,10-11H,1-6,8-9H2. The maximum Gasteiger partial charge on any atom is 0.0786 e. The van der Waals surface area contributed by atoms with E-state index >= 15 is 0 Å². The summed E-state index contributed by atoms with van der Waals surface area (Å²) in [6, 6.07) is 0. The van der Waals surface area contributed by atoms with Crippen LogP contribution < -0.4 is 16.8 Å². The smallest absolute Gasteiger partial charge is 0.0786 e. The Morgan fingerprint density at radius 1 is 1.27 bits per heavy atom. The van der Waals surface area contributed by atoms with Gasteiger partial charge in [-0.2, -0.15) is 0 Å². The van der Waals surface area contributed by atoms with E-state index in [1.165, 1.54) is 0 Å². The lowest BCUT2D eigenvalue weighted by atomic mass is 10.3. The van der Waals surface area contributed by atoms with Crippen molar-refractivity contribution in [3.63, 3.8) is 0 Å². The first-order chi connectivity index (χ1) is 5.31. The lowest BCUT2D eigenvalue weighted by Crippen LogP contribution is -2.33. The average Bonchev–Trinajstić information content (AvgIpc) is 2.04. The molecule has 0 amide bonds. The molecule has 0 saturated carbocycles. The second-order valence-electron chi connectivity index (χ2n) is 2.59. The van der Waals surface area contributed by atoms with Crippen LogP contribution in [0, 0.1) is 0 Å². The van der Waals surface area contributed by atoms with Crippen molar-refractivity contribution in [1.29, 1.82) is 0 Å². The summed E-state index contributed by atoms with van der Waals surface area (Å²) in [6.45, 7) is 2.56. The monoisotopic (exact) mass is 161 g/mol. The molecule has 0 saturated heterocycles. The van der Waals surface area contributed by atoms with Crippen molar-refractivity contribution < 1.29 is 5.11 Å². The van der Waals surface area contributed by atoms with Crippen LogP contribution in [0.4, 0.5) is 0 Å². The van der Waals surface area contributed by atoms with Gasteiger partial charge in [0.05, 0.1) is 6.10 Å². The second kappa shape index (κ2) is 7.94. The van der Waals surface area contributed by atoms with Crippen molar-refractivity contribution in [2.24, 2.45) is 11.5 Å². The summed E-state index contributed by atoms with van der Waals surface area (Å²) in [6.07, 6.45) is 1.69. The minimum atomic E-state index is -0.409. The molecule has 0 aromatic heterocycles. The molecule has 0 bridgehead atoms. The maximum absolute atomic E-state index is 9.00. The Labute approximate surface area is 68.0 Å². The van der Waals surface area contributed by atoms with Gasteiger partial charge < -0.3 is 21.9 Å². The van der Waals surface area contributed by atoms with Gasteiger partial charge in [-0.05, 0) is 25.9 Å². The van der Waals surface area contributed by atoms with Crippen LogP contribution in [-0.4, -0.2) is 37.4 Å². The number of rotatable bonds is 7. The normalized spacial score (nSPS) is 13.4. The molecule has 0 aliphatic carbocycles. The summed E-state index contributed by atoms with van der Waals surface area (Å²) in [5.74, 6) is 0. The van der Waals surface area contributed by atoms with Gasteiger partial charge in [-0.1, -0.05) is 0 Å². The van der Waals surface area contributed by atoms with Crippen LogP contribution in [-0.2, 0) is 0 Å². The van der Waals surface area contributed by atoms with Gasteiger partial charge in [0.25, 0.3) is 0 Å². The Bertz CT molecular complexity index is 80.1. The molecule has 0 radical (unpaired) electrons. The maximum atomic E-state index is 9.00. The van der Waals surface area contributed by atoms with Crippen LogP contribution in [0.15, 0.2) is 0 Å². The van der Waals surface area contributed by atoms with Crippen LogP contribution in [0.5, 0.6) is 0 Å². The Balaban J connectivity index is 2.89. The number of nitrogens with one attached hydrogen (secondary N) is 1. The summed E-state index contributed by atoms with van der Waals surface area (Å²) in [5, 5.41) is 12.1. The van der Waals surface area contributed by atoms with Crippen LogP contribution in [0.2, 0.25) is 0 Å². The van der Waals surface area contributed by atoms with Gasteiger partial charge in [0, 0.05) is 13.1 Å². The Morgan fingerprint density at radius 3 is 2.55 bits per heavy atom. The Morgan fingerprint density at radius 2 is 2.00 bits per heavy atom. The Kier molecular flexibility index (Phi) is 7.83. The van der Waals surface area contributed by atoms with E-state index in [0.717, 1.165) is 25.9 Å². The molecular weight excluding hydrogens is 142 g/mol. The molecule has 0 rings (SSSR count). The van der Waals surface area contributed by atoms with Gasteiger partial charge in [0.2, 0.25) is 0 Å². The number of aliphatic hydroxyl groups is 1. The molecule has 4 nitrogen and oxygen atoms in total. The van der Waals surface area contributed by atoms with E-state index in [1.807, 2.05) is 0 Å². The minimum Gasteiger partial charge on any atom is -0.390 e. The summed E-state index contributed by atoms with van der Waals surface area (Å²) in [5.41, 5.74) is 10.5. The fourth-order valence-corrected chi connectivity index (χ4v) is 0.746. The fourth-order valence-electron chi connectivity index (χ4n) is 0.746. The highest BCUT2D eigenvalue weighted by atomic mass is 16.3. The van der Waals surface area contributed by atoms with Crippen molar-refractivity contribution in [2.45, 2.75) is 18.9 Å². The number of hydrogen-bond acceptors (Lipinski definition) is 4. The highest BCUT2D eigenvalue weighted by Gasteiger charge is 1.97. The molecule has 1 atom stereocenters. The molecule has 6 N–H and O–H groups in total. The summed E-state index contributed by atoms with van der Waals surface area (Å²) in [7, 11) is 0. The van der Waals surface area contributed by atoms with Crippen LogP contribution in [0.3, 0.4) is 0 Å². The van der Waals surface area contributed by atoms with Gasteiger partial charge in [-0.15, -0.1) is 0 Å². The van der Waals surface area contributed by atoms with Gasteiger partial charge in [-0.25, -0.2) is 0 Å². The fraction of sp³-hybridized carbons (Fsp3) is 1.00. The topological polar surface area (TPSA) is 84.3 Å². The van der Waals surface area contributed by atoms with Crippen LogP contribution >= 0.6 is 0 Å². The lowest BCUT2D eigenvalue weighted by Gasteiger charge is -2.08. The van der Waals surface area contributed by atoms with Gasteiger partial charge >= 0.3 is 0 Å². The number of hydrogen-bond donors (Lipinski definition) is 4. The molecule has 1 unspecified atom stereocenters. The lowest BCUT2D eigenvalue weighted by molar-refractivity contribution is 0.179. The number of unbranched alkanes of at least 4 members (excludes halogenated alkanes) is 1. The zero-order chi connectivity index (χ0) is 8.53. The van der Waals surface area contributed by atoms with Crippen LogP contribution in [0.1, 0.15) is 12.8 Å². The first-order valence-corrected chi connectivity index (χ1v) is 4.10. The zero-order valence-corrected chi connectivity index (χ0v) is 6.92. The van der Waals surface area contributed by atoms with E-state index < -0.39 is 6.10 Å². The van der Waals surface area contributed by atoms with Crippen molar-refractivity contribution in [2.75, 3.05) is 26.2 Å². The summed E-state index contributed by atoms with van der Waals surface area (Å²) >= 11 is 0. The zero-order valence-electron chi connectivity index (χ0n) is 6.92. The molecular formula is C7H19N3O. The number of nitrogens with two attached hydrogens (primary N) is 2. The molecule has 68 valence electrons. The second-order valence-corrected chi connectivity index (χ2v) is 2.59. The first-order valence-electron chi connectivity index (χ1n) is 4.10. The molecule has 0 heterocycles. The predicted molar refractivity (Wildman–Crippen MR) is 46.2 cm³/mol. The summed E-state index contributed by atoms with van der Waals surface area (Å²) in [4.78, 5) is 0. The SMILES string of the molecule is NCCCCNCC(O)CN. The minimum absolute atomic E-state index is 0.323. The molecule has 0 fully saturated rings. The van der Waals surface area contributed by atoms with Gasteiger partial charge in [0.15, 0.2) is 0 Å². The van der Waals surface area contributed by atoms with E-state index in [1.54, 1.807) is 0 Å². The Hall–Kier alpha value is -0.160. The third kappa shape index (κ3) is 7.74. The molecule has 0 aromatic rings. The molecule has 0 aliphatic heterocycles. The van der Waals surface area contributed by atoms with E-state index in [0.29, 0.717) is 13.1 Å². The molecule has 0 spiro atoms. The third-order valence-electron chi connectivity index (χ3n) is 1.46. The largest absolute Gasteiger partial charge is 0.390 e. The van der Waals surface area contributed by atoms with Gasteiger partial charge in [-0.3, -0.25) is 0 Å². The average molecular weight is 161 g/mol. The van der Waals surface area contributed by atoms with E-state index in [2.05, 4.69) is 5.32 Å². The quantitative estimate of drug-likeness (QED) is 0.347. The highest BCUT2D eigenvalue weighted by molar-refractivity contribution is 4.59. The van der Waals surface area contributed by atoms with Crippen molar-refractivity contribution in [3.05, 3.63) is 0 Å². The molecule has 11 heavy (non-hydrogen) atoms. The third-order valence-corrected chi connectivity index (χ3v) is 1.46. The van der Waals surface area contributed by atoms with Crippen molar-refractivity contribution in [1.82, 2.24) is 5.32 Å². The van der Waals surface area contributed by atoms with Crippen LogP contribution in [0.25, 0.3) is 0 Å². The van der Waals surface area contributed by atoms with Crippen molar-refractivity contribution >= 4 is 0 Å². The number of aliphatic hydroxyl groups excluding tert-OH is 1. The van der Waals surface area contributed by atoms with E-state index in [4.69, 9.17) is 16.6 Å². The summed E-state index contributed by atoms with van der Waals surface area (Å²) < 4.78 is 0. The first kappa shape index (κ1) is 10.8. The molecule has 4 heteroatoms. The molecule has 0 aromatic carbocycles. The predicted octanol–water partition coefficient (Wildman–Crippen LogP) is -1.37. The molecule has 0 aliphatic rings. The highest BCUT2D eigenvalue weighted by Crippen LogP contribution is 1.82.